The van der Waals surface area contributed by atoms with E-state index < -0.39 is 0 Å². The largest absolute Gasteiger partial charge is 0.372 e. The first-order valence-corrected chi connectivity index (χ1v) is 11.5. The summed E-state index contributed by atoms with van der Waals surface area (Å²) >= 11 is 14.3. The third kappa shape index (κ3) is 6.46. The van der Waals surface area contributed by atoms with Crippen LogP contribution in [0.1, 0.15) is 16.7 Å². The highest BCUT2D eigenvalue weighted by Crippen LogP contribution is 2.34. The van der Waals surface area contributed by atoms with Gasteiger partial charge >= 0.3 is 0 Å². The molecule has 0 saturated heterocycles. The van der Waals surface area contributed by atoms with Gasteiger partial charge in [0.2, 0.25) is 0 Å². The van der Waals surface area contributed by atoms with Crippen molar-refractivity contribution in [3.8, 4) is 0 Å². The number of thioether (sulfide) groups is 1. The van der Waals surface area contributed by atoms with E-state index in [0.29, 0.717) is 0 Å². The van der Waals surface area contributed by atoms with E-state index in [1.165, 1.54) is 11.3 Å². The fourth-order valence-corrected chi connectivity index (χ4v) is 4.89. The van der Waals surface area contributed by atoms with Crippen molar-refractivity contribution in [1.82, 2.24) is 0 Å². The maximum absolute atomic E-state index is 6.56. The Morgan fingerprint density at radius 2 is 1.69 bits per heavy atom. The maximum atomic E-state index is 6.56. The number of para-hydroxylation sites is 1. The van der Waals surface area contributed by atoms with Crippen LogP contribution in [0, 0.1) is 0 Å². The normalized spacial score (nSPS) is 13.0. The maximum Gasteiger partial charge on any atom is 0.0668 e. The van der Waals surface area contributed by atoms with Crippen LogP contribution in [0.4, 0.5) is 5.69 Å². The van der Waals surface area contributed by atoms with Crippen molar-refractivity contribution in [2.24, 2.45) is 4.99 Å². The van der Waals surface area contributed by atoms with Gasteiger partial charge < -0.3 is 4.90 Å². The molecule has 0 aromatic heterocycles. The van der Waals surface area contributed by atoms with Gasteiger partial charge in [-0.2, -0.15) is 0 Å². The van der Waals surface area contributed by atoms with E-state index in [-0.39, 0.29) is 24.8 Å². The first-order chi connectivity index (χ1) is 14.6. The van der Waals surface area contributed by atoms with E-state index in [2.05, 4.69) is 66.6 Å². The molecule has 1 aliphatic rings. The van der Waals surface area contributed by atoms with Crippen LogP contribution in [0.3, 0.4) is 0 Å². The summed E-state index contributed by atoms with van der Waals surface area (Å²) in [6.45, 7) is 1.69. The van der Waals surface area contributed by atoms with Crippen molar-refractivity contribution in [3.63, 3.8) is 0 Å². The molecule has 1 heterocycles. The lowest BCUT2D eigenvalue weighted by Gasteiger charge is -2.18. The van der Waals surface area contributed by atoms with Crippen molar-refractivity contribution in [3.05, 3.63) is 99.5 Å². The topological polar surface area (TPSA) is 15.6 Å². The van der Waals surface area contributed by atoms with Gasteiger partial charge in [-0.05, 0) is 41.5 Å². The molecule has 0 fully saturated rings. The molecule has 1 aliphatic heterocycles. The summed E-state index contributed by atoms with van der Waals surface area (Å²) in [6, 6.07) is 22.4. The molecule has 0 spiro atoms. The average molecular weight is 526 g/mol. The molecule has 7 heteroatoms. The zero-order chi connectivity index (χ0) is 20.9. The summed E-state index contributed by atoms with van der Waals surface area (Å²) in [5.74, 6) is 0.830. The highest BCUT2D eigenvalue weighted by molar-refractivity contribution is 7.98. The van der Waals surface area contributed by atoms with Gasteiger partial charge in [0.1, 0.15) is 0 Å². The van der Waals surface area contributed by atoms with Crippen molar-refractivity contribution in [1.29, 1.82) is 0 Å². The highest BCUT2D eigenvalue weighted by Gasteiger charge is 2.14. The Balaban J connectivity index is 0.00000181. The van der Waals surface area contributed by atoms with E-state index >= 15 is 0 Å². The molecule has 32 heavy (non-hydrogen) atoms. The Hall–Kier alpha value is -1.62. The Morgan fingerprint density at radius 1 is 0.938 bits per heavy atom. The molecule has 0 amide bonds. The summed E-state index contributed by atoms with van der Waals surface area (Å²) in [7, 11) is 2.11. The average Bonchev–Trinajstić information content (AvgIpc) is 2.92. The standard InChI is InChI=1S/C25H22Cl2N2S.2ClH/c1-29-16-15-28-23(21-6-2-3-8-24(21)29)14-11-19-5-4-7-22(27)25(19)30-17-18-9-12-20(26)13-10-18;;/h2-14H,15-17H2,1H3;2*1H/b14-11-;;. The SMILES string of the molecule is CN1CCN=C(/C=C\c2cccc(Cl)c2SCc2ccc(Cl)cc2)c2ccccc21.Cl.Cl. The van der Waals surface area contributed by atoms with Gasteiger partial charge in [0.05, 0.1) is 17.3 Å². The van der Waals surface area contributed by atoms with Gasteiger partial charge in [-0.1, -0.05) is 71.7 Å². The number of hydrogen-bond donors (Lipinski definition) is 0. The number of anilines is 1. The summed E-state index contributed by atoms with van der Waals surface area (Å²) in [5, 5.41) is 1.51. The Labute approximate surface area is 216 Å². The van der Waals surface area contributed by atoms with Crippen molar-refractivity contribution in [2.45, 2.75) is 10.6 Å². The van der Waals surface area contributed by atoms with Crippen molar-refractivity contribution < 1.29 is 0 Å². The number of nitrogens with zero attached hydrogens (tertiary/aromatic N) is 2. The molecule has 0 unspecified atom stereocenters. The third-order valence-electron chi connectivity index (χ3n) is 5.02. The number of hydrogen-bond acceptors (Lipinski definition) is 3. The fraction of sp³-hybridized carbons (Fsp3) is 0.160. The van der Waals surface area contributed by atoms with Gasteiger partial charge in [-0.15, -0.1) is 36.6 Å². The second kappa shape index (κ2) is 12.6. The van der Waals surface area contributed by atoms with Crippen LogP contribution >= 0.6 is 59.8 Å². The lowest BCUT2D eigenvalue weighted by atomic mass is 10.1. The molecule has 0 bridgehead atoms. The molecule has 0 N–H and O–H groups in total. The van der Waals surface area contributed by atoms with Crippen molar-refractivity contribution >= 4 is 77.3 Å². The van der Waals surface area contributed by atoms with Crippen LogP contribution in [-0.2, 0) is 5.75 Å². The highest BCUT2D eigenvalue weighted by atomic mass is 35.5. The second-order valence-corrected chi connectivity index (χ2v) is 8.94. The number of benzene rings is 3. The Kier molecular flexibility index (Phi) is 10.5. The summed E-state index contributed by atoms with van der Waals surface area (Å²) in [5.41, 5.74) is 5.68. The van der Waals surface area contributed by atoms with Crippen LogP contribution in [0.25, 0.3) is 6.08 Å². The van der Waals surface area contributed by atoms with E-state index in [9.17, 15) is 0 Å². The molecule has 0 atom stereocenters. The number of aliphatic imine (C=N–C) groups is 1. The number of likely N-dealkylation sites (N-methyl/N-ethyl adjacent to an activating group) is 1. The number of allylic oxidation sites excluding steroid dienone is 1. The van der Waals surface area contributed by atoms with Gasteiger partial charge in [-0.3, -0.25) is 4.99 Å². The molecule has 3 aromatic rings. The molecule has 168 valence electrons. The van der Waals surface area contributed by atoms with Crippen LogP contribution in [0.5, 0.6) is 0 Å². The Bertz CT molecular complexity index is 1100. The molecule has 4 rings (SSSR count). The van der Waals surface area contributed by atoms with E-state index in [1.54, 1.807) is 11.8 Å². The minimum atomic E-state index is 0. The third-order valence-corrected chi connectivity index (χ3v) is 6.92. The zero-order valence-electron chi connectivity index (χ0n) is 17.5. The van der Waals surface area contributed by atoms with Gasteiger partial charge in [0, 0.05) is 40.5 Å². The first-order valence-electron chi connectivity index (χ1n) is 9.80. The number of rotatable bonds is 5. The summed E-state index contributed by atoms with van der Waals surface area (Å²) < 4.78 is 0. The van der Waals surface area contributed by atoms with E-state index in [0.717, 1.165) is 50.6 Å². The molecular weight excluding hydrogens is 502 g/mol. The number of halogens is 4. The molecular formula is C25H24Cl4N2S. The molecule has 0 aliphatic carbocycles. The summed E-state index contributed by atoms with van der Waals surface area (Å²) in [6.07, 6.45) is 4.23. The van der Waals surface area contributed by atoms with Crippen LogP contribution in [-0.4, -0.2) is 25.8 Å². The van der Waals surface area contributed by atoms with E-state index in [4.69, 9.17) is 28.2 Å². The quantitative estimate of drug-likeness (QED) is 0.313. The second-order valence-electron chi connectivity index (χ2n) is 7.11. The molecule has 3 aromatic carbocycles. The monoisotopic (exact) mass is 524 g/mol. The van der Waals surface area contributed by atoms with Crippen molar-refractivity contribution in [2.75, 3.05) is 25.0 Å². The minimum Gasteiger partial charge on any atom is -0.372 e. The van der Waals surface area contributed by atoms with Crippen LogP contribution < -0.4 is 4.90 Å². The predicted molar refractivity (Wildman–Crippen MR) is 147 cm³/mol. The summed E-state index contributed by atoms with van der Waals surface area (Å²) in [4.78, 5) is 8.15. The number of fused-ring (bicyclic) bond motifs is 1. The fourth-order valence-electron chi connectivity index (χ4n) is 3.41. The smallest absolute Gasteiger partial charge is 0.0668 e. The van der Waals surface area contributed by atoms with Crippen LogP contribution in [0.2, 0.25) is 10.0 Å². The van der Waals surface area contributed by atoms with Gasteiger partial charge in [0.25, 0.3) is 0 Å². The predicted octanol–water partition coefficient (Wildman–Crippen LogP) is 8.08. The molecule has 2 nitrogen and oxygen atoms in total. The lowest BCUT2D eigenvalue weighted by Crippen LogP contribution is -2.20. The van der Waals surface area contributed by atoms with Gasteiger partial charge in [0.15, 0.2) is 0 Å². The van der Waals surface area contributed by atoms with Gasteiger partial charge in [-0.25, -0.2) is 0 Å². The minimum absolute atomic E-state index is 0. The molecule has 0 radical (unpaired) electrons. The first kappa shape index (κ1) is 26.6. The van der Waals surface area contributed by atoms with Crippen LogP contribution in [0.15, 0.2) is 82.7 Å². The molecule has 0 saturated carbocycles. The Morgan fingerprint density at radius 3 is 2.47 bits per heavy atom. The lowest BCUT2D eigenvalue weighted by molar-refractivity contribution is 0.897. The number of benzodiazepines with no additional fused rings is 1. The van der Waals surface area contributed by atoms with E-state index in [1.807, 2.05) is 24.3 Å². The zero-order valence-corrected chi connectivity index (χ0v) is 21.5.